The van der Waals surface area contributed by atoms with Crippen molar-refractivity contribution in [2.75, 3.05) is 14.2 Å². The molecule has 2 aromatic carbocycles. The van der Waals surface area contributed by atoms with E-state index < -0.39 is 11.2 Å². The molecule has 0 saturated heterocycles. The number of hydrogen-bond acceptors (Lipinski definition) is 5. The highest BCUT2D eigenvalue weighted by molar-refractivity contribution is 5.43. The maximum Gasteiger partial charge on any atom is 0.160 e. The quantitative estimate of drug-likeness (QED) is 0.713. The predicted molar refractivity (Wildman–Crippen MR) is 106 cm³/mol. The molecule has 0 heterocycles. The van der Waals surface area contributed by atoms with E-state index in [0.29, 0.717) is 24.3 Å². The van der Waals surface area contributed by atoms with Gasteiger partial charge in [-0.05, 0) is 63.1 Å². The average molecular weight is 374 g/mol. The van der Waals surface area contributed by atoms with Gasteiger partial charge in [0.25, 0.3) is 0 Å². The Labute approximate surface area is 161 Å². The molecule has 27 heavy (non-hydrogen) atoms. The van der Waals surface area contributed by atoms with Gasteiger partial charge in [0.1, 0.15) is 0 Å². The highest BCUT2D eigenvalue weighted by Gasteiger charge is 2.30. The molecule has 2 rings (SSSR count). The molecule has 2 aromatic rings. The summed E-state index contributed by atoms with van der Waals surface area (Å²) in [5.74, 6) is 1.17. The molecule has 0 aliphatic heterocycles. The summed E-state index contributed by atoms with van der Waals surface area (Å²) >= 11 is 0. The van der Waals surface area contributed by atoms with Crippen molar-refractivity contribution in [3.8, 4) is 23.0 Å². The molecule has 0 aliphatic rings. The van der Waals surface area contributed by atoms with Crippen LogP contribution in [0.15, 0.2) is 36.4 Å². The van der Waals surface area contributed by atoms with Gasteiger partial charge in [-0.15, -0.1) is 0 Å². The Hall–Kier alpha value is -2.40. The zero-order valence-corrected chi connectivity index (χ0v) is 17.0. The Kier molecular flexibility index (Phi) is 6.26. The number of phenolic OH excluding ortho intramolecular Hbond substituents is 2. The third-order valence-electron chi connectivity index (χ3n) is 4.30. The van der Waals surface area contributed by atoms with E-state index in [1.54, 1.807) is 12.1 Å². The van der Waals surface area contributed by atoms with E-state index in [1.807, 2.05) is 52.0 Å². The van der Waals surface area contributed by atoms with Gasteiger partial charge in [0.05, 0.1) is 25.4 Å². The summed E-state index contributed by atoms with van der Waals surface area (Å²) in [6, 6.07) is 10.7. The van der Waals surface area contributed by atoms with Crippen molar-refractivity contribution in [3.63, 3.8) is 0 Å². The molecule has 0 spiro atoms. The maximum atomic E-state index is 9.76. The van der Waals surface area contributed by atoms with Gasteiger partial charge in [-0.1, -0.05) is 12.1 Å². The van der Waals surface area contributed by atoms with Gasteiger partial charge in [-0.3, -0.25) is 0 Å². The summed E-state index contributed by atoms with van der Waals surface area (Å²) in [6.07, 6.45) is 1.35. The topological polar surface area (TPSA) is 68.2 Å². The molecule has 0 bridgehead atoms. The fraction of sp³-hybridized carbons (Fsp3) is 0.455. The molecule has 0 atom stereocenters. The largest absolute Gasteiger partial charge is 0.504 e. The zero-order valence-electron chi connectivity index (χ0n) is 17.0. The highest BCUT2D eigenvalue weighted by atomic mass is 16.5. The molecule has 148 valence electrons. The number of phenols is 2. The normalized spacial score (nSPS) is 12.1. The van der Waals surface area contributed by atoms with E-state index in [4.69, 9.17) is 14.2 Å². The van der Waals surface area contributed by atoms with Crippen molar-refractivity contribution < 1.29 is 24.4 Å². The minimum Gasteiger partial charge on any atom is -0.504 e. The summed E-state index contributed by atoms with van der Waals surface area (Å²) in [4.78, 5) is 0. The zero-order chi connectivity index (χ0) is 20.2. The molecule has 5 heteroatoms. The number of aromatic hydroxyl groups is 2. The third-order valence-corrected chi connectivity index (χ3v) is 4.30. The predicted octanol–water partition coefficient (Wildman–Crippen LogP) is 4.47. The molecule has 5 nitrogen and oxygen atoms in total. The lowest BCUT2D eigenvalue weighted by Crippen LogP contribution is -2.40. The number of rotatable bonds is 8. The molecule has 0 aromatic heterocycles. The maximum absolute atomic E-state index is 9.76. The number of benzene rings is 2. The van der Waals surface area contributed by atoms with Crippen molar-refractivity contribution in [1.82, 2.24) is 0 Å². The lowest BCUT2D eigenvalue weighted by atomic mass is 9.93. The fourth-order valence-corrected chi connectivity index (χ4v) is 3.47. The van der Waals surface area contributed by atoms with E-state index >= 15 is 0 Å². The third kappa shape index (κ3) is 5.79. The number of methoxy groups -OCH3 is 2. The van der Waals surface area contributed by atoms with Gasteiger partial charge in [-0.2, -0.15) is 0 Å². The van der Waals surface area contributed by atoms with Gasteiger partial charge < -0.3 is 24.4 Å². The SMILES string of the molecule is COc1cc(CC(C)(C)OC(C)(C)Cc2ccc(O)c(OC)c2)ccc1O. The van der Waals surface area contributed by atoms with Gasteiger partial charge in [0.15, 0.2) is 23.0 Å². The summed E-state index contributed by atoms with van der Waals surface area (Å²) < 4.78 is 16.8. The van der Waals surface area contributed by atoms with Crippen LogP contribution in [0.3, 0.4) is 0 Å². The first-order valence-electron chi connectivity index (χ1n) is 8.97. The first kappa shape index (κ1) is 20.9. The molecular weight excluding hydrogens is 344 g/mol. The van der Waals surface area contributed by atoms with Crippen LogP contribution >= 0.6 is 0 Å². The van der Waals surface area contributed by atoms with Crippen molar-refractivity contribution in [2.45, 2.75) is 51.7 Å². The van der Waals surface area contributed by atoms with E-state index in [-0.39, 0.29) is 11.5 Å². The van der Waals surface area contributed by atoms with Crippen LogP contribution in [-0.4, -0.2) is 35.6 Å². The molecule has 0 aliphatic carbocycles. The van der Waals surface area contributed by atoms with Crippen molar-refractivity contribution >= 4 is 0 Å². The van der Waals surface area contributed by atoms with Crippen LogP contribution in [0.25, 0.3) is 0 Å². The Balaban J connectivity index is 2.10. The van der Waals surface area contributed by atoms with E-state index in [1.165, 1.54) is 14.2 Å². The van der Waals surface area contributed by atoms with Gasteiger partial charge in [0.2, 0.25) is 0 Å². The Morgan fingerprint density at radius 1 is 0.704 bits per heavy atom. The second kappa shape index (κ2) is 8.09. The van der Waals surface area contributed by atoms with Gasteiger partial charge >= 0.3 is 0 Å². The number of ether oxygens (including phenoxy) is 3. The standard InChI is InChI=1S/C22H30O5/c1-21(2,13-15-7-9-17(23)19(11-15)25-5)27-22(3,4)14-16-8-10-18(24)20(12-16)26-6/h7-12,23-24H,13-14H2,1-6H3. The highest BCUT2D eigenvalue weighted by Crippen LogP contribution is 2.33. The second-order valence-electron chi connectivity index (χ2n) is 7.99. The van der Waals surface area contributed by atoms with Crippen LogP contribution in [-0.2, 0) is 17.6 Å². The first-order valence-corrected chi connectivity index (χ1v) is 8.97. The van der Waals surface area contributed by atoms with Gasteiger partial charge in [-0.25, -0.2) is 0 Å². The molecule has 0 saturated carbocycles. The van der Waals surface area contributed by atoms with E-state index in [2.05, 4.69) is 0 Å². The molecule has 0 fully saturated rings. The Bertz CT molecular complexity index is 715. The Morgan fingerprint density at radius 2 is 1.07 bits per heavy atom. The second-order valence-corrected chi connectivity index (χ2v) is 7.99. The Morgan fingerprint density at radius 3 is 1.41 bits per heavy atom. The smallest absolute Gasteiger partial charge is 0.160 e. The van der Waals surface area contributed by atoms with Crippen molar-refractivity contribution in [2.24, 2.45) is 0 Å². The summed E-state index contributed by atoms with van der Waals surface area (Å²) in [5, 5.41) is 19.5. The van der Waals surface area contributed by atoms with Gasteiger partial charge in [0, 0.05) is 12.8 Å². The first-order chi connectivity index (χ1) is 12.5. The van der Waals surface area contributed by atoms with Crippen LogP contribution in [0.2, 0.25) is 0 Å². The molecule has 0 unspecified atom stereocenters. The molecule has 0 amide bonds. The minimum atomic E-state index is -0.424. The van der Waals surface area contributed by atoms with E-state index in [0.717, 1.165) is 11.1 Å². The van der Waals surface area contributed by atoms with Crippen LogP contribution in [0.1, 0.15) is 38.8 Å². The average Bonchev–Trinajstić information content (AvgIpc) is 2.56. The summed E-state index contributed by atoms with van der Waals surface area (Å²) in [5.41, 5.74) is 1.20. The monoisotopic (exact) mass is 374 g/mol. The fourth-order valence-electron chi connectivity index (χ4n) is 3.47. The summed E-state index contributed by atoms with van der Waals surface area (Å²) in [6.45, 7) is 8.19. The molecular formula is C22H30O5. The molecule has 2 N–H and O–H groups in total. The lowest BCUT2D eigenvalue weighted by Gasteiger charge is -2.36. The summed E-state index contributed by atoms with van der Waals surface area (Å²) in [7, 11) is 3.07. The minimum absolute atomic E-state index is 0.126. The van der Waals surface area contributed by atoms with Crippen LogP contribution in [0.4, 0.5) is 0 Å². The van der Waals surface area contributed by atoms with Crippen molar-refractivity contribution in [3.05, 3.63) is 47.5 Å². The van der Waals surface area contributed by atoms with Crippen LogP contribution < -0.4 is 9.47 Å². The van der Waals surface area contributed by atoms with Crippen molar-refractivity contribution in [1.29, 1.82) is 0 Å². The van der Waals surface area contributed by atoms with Crippen LogP contribution in [0, 0.1) is 0 Å². The van der Waals surface area contributed by atoms with Crippen LogP contribution in [0.5, 0.6) is 23.0 Å². The van der Waals surface area contributed by atoms with E-state index in [9.17, 15) is 10.2 Å². The molecule has 0 radical (unpaired) electrons. The lowest BCUT2D eigenvalue weighted by molar-refractivity contribution is -0.121. The number of hydrogen-bond donors (Lipinski definition) is 2.